The molecule has 0 unspecified atom stereocenters. The molecule has 108 valence electrons. The number of halogens is 1. The maximum absolute atomic E-state index is 5.33. The molecule has 0 amide bonds. The monoisotopic (exact) mass is 357 g/mol. The molecular weight excluding hydrogens is 342 g/mol. The summed E-state index contributed by atoms with van der Waals surface area (Å²) in [4.78, 5) is 0. The Labute approximate surface area is 130 Å². The summed E-state index contributed by atoms with van der Waals surface area (Å²) < 4.78 is 17.1. The minimum atomic E-state index is 0.596. The van der Waals surface area contributed by atoms with Gasteiger partial charge in [-0.1, -0.05) is 0 Å². The highest BCUT2D eigenvalue weighted by Gasteiger charge is 2.13. The molecule has 0 spiro atoms. The van der Waals surface area contributed by atoms with Gasteiger partial charge in [-0.15, -0.1) is 11.3 Å². The van der Waals surface area contributed by atoms with Crippen molar-refractivity contribution in [2.24, 2.45) is 0 Å². The van der Waals surface area contributed by atoms with Crippen molar-refractivity contribution in [3.63, 3.8) is 0 Å². The fraction of sp³-hybridized carbons (Fsp3) is 0.286. The van der Waals surface area contributed by atoms with Crippen LogP contribution in [-0.4, -0.2) is 21.3 Å². The van der Waals surface area contributed by atoms with Gasteiger partial charge in [-0.05, 0) is 32.9 Å². The first kappa shape index (κ1) is 15.0. The molecule has 0 fully saturated rings. The van der Waals surface area contributed by atoms with Gasteiger partial charge in [-0.2, -0.15) is 0 Å². The van der Waals surface area contributed by atoms with Crippen molar-refractivity contribution >= 4 is 33.0 Å². The number of hydrogen-bond acceptors (Lipinski definition) is 5. The summed E-state index contributed by atoms with van der Waals surface area (Å²) in [5.41, 5.74) is 2.14. The first-order valence-corrected chi connectivity index (χ1v) is 7.62. The van der Waals surface area contributed by atoms with E-state index in [-0.39, 0.29) is 0 Å². The summed E-state index contributed by atoms with van der Waals surface area (Å²) in [6.45, 7) is 0.737. The predicted octanol–water partition coefficient (Wildman–Crippen LogP) is 4.15. The molecule has 2 rings (SSSR count). The summed E-state index contributed by atoms with van der Waals surface area (Å²) in [6, 6.07) is 5.88. The molecule has 1 heterocycles. The molecule has 0 atom stereocenters. The Bertz CT molecular complexity index is 561. The number of ether oxygens (including phenoxy) is 3. The SMILES string of the molecule is COc1cc(NCc2csc(Br)c2)cc(OC)c1OC. The van der Waals surface area contributed by atoms with Gasteiger partial charge in [0.2, 0.25) is 5.75 Å². The van der Waals surface area contributed by atoms with Crippen LogP contribution in [0, 0.1) is 0 Å². The first-order valence-electron chi connectivity index (χ1n) is 5.94. The Morgan fingerprint density at radius 2 is 1.70 bits per heavy atom. The van der Waals surface area contributed by atoms with E-state index < -0.39 is 0 Å². The van der Waals surface area contributed by atoms with E-state index >= 15 is 0 Å². The van der Waals surface area contributed by atoms with Crippen molar-refractivity contribution < 1.29 is 14.2 Å². The topological polar surface area (TPSA) is 39.7 Å². The van der Waals surface area contributed by atoms with E-state index in [0.717, 1.165) is 16.0 Å². The third kappa shape index (κ3) is 3.37. The lowest BCUT2D eigenvalue weighted by Crippen LogP contribution is -2.01. The Morgan fingerprint density at radius 1 is 1.05 bits per heavy atom. The molecule has 0 aliphatic carbocycles. The van der Waals surface area contributed by atoms with Gasteiger partial charge >= 0.3 is 0 Å². The second-order valence-electron chi connectivity index (χ2n) is 4.03. The van der Waals surface area contributed by atoms with Crippen LogP contribution in [0.5, 0.6) is 17.2 Å². The highest BCUT2D eigenvalue weighted by atomic mass is 79.9. The highest BCUT2D eigenvalue weighted by Crippen LogP contribution is 2.40. The number of anilines is 1. The van der Waals surface area contributed by atoms with Crippen molar-refractivity contribution in [1.82, 2.24) is 0 Å². The van der Waals surface area contributed by atoms with Gasteiger partial charge in [0.15, 0.2) is 11.5 Å². The number of thiophene rings is 1. The predicted molar refractivity (Wildman–Crippen MR) is 85.4 cm³/mol. The molecule has 20 heavy (non-hydrogen) atoms. The van der Waals surface area contributed by atoms with E-state index in [4.69, 9.17) is 14.2 Å². The van der Waals surface area contributed by atoms with E-state index in [1.807, 2.05) is 12.1 Å². The summed E-state index contributed by atoms with van der Waals surface area (Å²) in [5.74, 6) is 1.88. The van der Waals surface area contributed by atoms with Gasteiger partial charge in [-0.3, -0.25) is 0 Å². The van der Waals surface area contributed by atoms with E-state index in [1.165, 1.54) is 5.56 Å². The molecule has 1 aromatic carbocycles. The Kier molecular flexibility index (Phi) is 5.14. The van der Waals surface area contributed by atoms with Crippen LogP contribution in [-0.2, 0) is 6.54 Å². The van der Waals surface area contributed by atoms with E-state index in [1.54, 1.807) is 32.7 Å². The third-order valence-electron chi connectivity index (χ3n) is 2.78. The molecule has 0 radical (unpaired) electrons. The molecular formula is C14H16BrNO3S. The molecule has 6 heteroatoms. The van der Waals surface area contributed by atoms with Gasteiger partial charge in [0.25, 0.3) is 0 Å². The molecule has 0 saturated carbocycles. The quantitative estimate of drug-likeness (QED) is 0.842. The normalized spacial score (nSPS) is 10.2. The lowest BCUT2D eigenvalue weighted by Gasteiger charge is -2.14. The zero-order valence-electron chi connectivity index (χ0n) is 11.5. The van der Waals surface area contributed by atoms with E-state index in [0.29, 0.717) is 17.2 Å². The van der Waals surface area contributed by atoms with Gasteiger partial charge < -0.3 is 19.5 Å². The van der Waals surface area contributed by atoms with Crippen molar-refractivity contribution in [3.05, 3.63) is 32.9 Å². The van der Waals surface area contributed by atoms with Crippen LogP contribution in [0.2, 0.25) is 0 Å². The van der Waals surface area contributed by atoms with Crippen molar-refractivity contribution in [1.29, 1.82) is 0 Å². The number of benzene rings is 1. The summed E-state index contributed by atoms with van der Waals surface area (Å²) in [6.07, 6.45) is 0. The number of nitrogens with one attached hydrogen (secondary N) is 1. The fourth-order valence-corrected chi connectivity index (χ4v) is 3.03. The first-order chi connectivity index (χ1) is 9.67. The molecule has 1 N–H and O–H groups in total. The van der Waals surface area contributed by atoms with Crippen LogP contribution < -0.4 is 19.5 Å². The molecule has 0 saturated heterocycles. The molecule has 0 bridgehead atoms. The molecule has 4 nitrogen and oxygen atoms in total. The smallest absolute Gasteiger partial charge is 0.203 e. The molecule has 2 aromatic rings. The Balaban J connectivity index is 2.19. The lowest BCUT2D eigenvalue weighted by atomic mass is 10.2. The van der Waals surface area contributed by atoms with Crippen molar-refractivity contribution in [3.8, 4) is 17.2 Å². The van der Waals surface area contributed by atoms with Gasteiger partial charge in [-0.25, -0.2) is 0 Å². The van der Waals surface area contributed by atoms with Gasteiger partial charge in [0, 0.05) is 24.4 Å². The Morgan fingerprint density at radius 3 is 2.15 bits per heavy atom. The minimum absolute atomic E-state index is 0.596. The van der Waals surface area contributed by atoms with Crippen LogP contribution in [0.25, 0.3) is 0 Å². The fourth-order valence-electron chi connectivity index (χ4n) is 1.83. The van der Waals surface area contributed by atoms with Crippen LogP contribution >= 0.6 is 27.3 Å². The Hall–Kier alpha value is -1.40. The second kappa shape index (κ2) is 6.85. The van der Waals surface area contributed by atoms with Crippen molar-refractivity contribution in [2.45, 2.75) is 6.54 Å². The average molecular weight is 358 g/mol. The summed E-state index contributed by atoms with van der Waals surface area (Å²) >= 11 is 5.13. The summed E-state index contributed by atoms with van der Waals surface area (Å²) in [7, 11) is 4.81. The molecule has 0 aliphatic heterocycles. The largest absolute Gasteiger partial charge is 0.493 e. The highest BCUT2D eigenvalue weighted by molar-refractivity contribution is 9.11. The van der Waals surface area contributed by atoms with Gasteiger partial charge in [0.05, 0.1) is 25.1 Å². The number of hydrogen-bond donors (Lipinski definition) is 1. The number of rotatable bonds is 6. The van der Waals surface area contributed by atoms with Crippen LogP contribution in [0.15, 0.2) is 27.4 Å². The van der Waals surface area contributed by atoms with Gasteiger partial charge in [0.1, 0.15) is 0 Å². The molecule has 0 aliphatic rings. The van der Waals surface area contributed by atoms with E-state index in [2.05, 4.69) is 32.7 Å². The lowest BCUT2D eigenvalue weighted by molar-refractivity contribution is 0.324. The van der Waals surface area contributed by atoms with Crippen LogP contribution in [0.3, 0.4) is 0 Å². The zero-order chi connectivity index (χ0) is 14.5. The maximum atomic E-state index is 5.33. The molecule has 1 aromatic heterocycles. The van der Waals surface area contributed by atoms with E-state index in [9.17, 15) is 0 Å². The van der Waals surface area contributed by atoms with Crippen molar-refractivity contribution in [2.75, 3.05) is 26.6 Å². The van der Waals surface area contributed by atoms with Crippen LogP contribution in [0.4, 0.5) is 5.69 Å². The standard InChI is InChI=1S/C14H16BrNO3S/c1-17-11-5-10(6-12(18-2)14(11)19-3)16-7-9-4-13(15)20-8-9/h4-6,8,16H,7H2,1-3H3. The average Bonchev–Trinajstić information content (AvgIpc) is 2.89. The maximum Gasteiger partial charge on any atom is 0.203 e. The second-order valence-corrected chi connectivity index (χ2v) is 6.32. The number of methoxy groups -OCH3 is 3. The summed E-state index contributed by atoms with van der Waals surface area (Å²) in [5, 5.41) is 5.45. The third-order valence-corrected chi connectivity index (χ3v) is 4.34. The minimum Gasteiger partial charge on any atom is -0.493 e. The zero-order valence-corrected chi connectivity index (χ0v) is 13.9. The van der Waals surface area contributed by atoms with Crippen LogP contribution in [0.1, 0.15) is 5.56 Å².